The molecule has 7 atom stereocenters. The van der Waals surface area contributed by atoms with E-state index in [4.69, 9.17) is 0 Å². The summed E-state index contributed by atoms with van der Waals surface area (Å²) in [4.78, 5) is 12.6. The second-order valence-corrected chi connectivity index (χ2v) is 12.5. The summed E-state index contributed by atoms with van der Waals surface area (Å²) in [7, 11) is 0. The maximum Gasteiger partial charge on any atom is 0.155 e. The summed E-state index contributed by atoms with van der Waals surface area (Å²) in [5, 5.41) is 30.4. The summed E-state index contributed by atoms with van der Waals surface area (Å²) in [6.07, 6.45) is 13.1. The standard InChI is InChI=1S/C34H35NO3/c35-20-21-2-4-22(5-3-21)23-6-8-27-24(16-23)19-33-13-10-26(37)17-25(33)7-9-29-28-11-14-34(38,12-1-15-36)31(28)18-30(27)32(29)33/h1-6,8,12,16-17,28-32,36,38H,7,9-11,13-15,18-19H2/b12-1-/t28?,29?,30-,31?,32?,33-,34+/m1/s1. The highest BCUT2D eigenvalue weighted by molar-refractivity contribution is 5.91. The number of hydrogen-bond acceptors (Lipinski definition) is 4. The number of carbonyl (C=O) groups is 1. The van der Waals surface area contributed by atoms with Gasteiger partial charge in [0.2, 0.25) is 0 Å². The summed E-state index contributed by atoms with van der Waals surface area (Å²) in [6.45, 7) is -0.0402. The van der Waals surface area contributed by atoms with E-state index in [0.29, 0.717) is 35.7 Å². The monoisotopic (exact) mass is 505 g/mol. The van der Waals surface area contributed by atoms with Crippen LogP contribution >= 0.6 is 0 Å². The Balaban J connectivity index is 1.36. The van der Waals surface area contributed by atoms with Crippen molar-refractivity contribution in [3.8, 4) is 17.2 Å². The van der Waals surface area contributed by atoms with Crippen molar-refractivity contribution in [1.29, 1.82) is 5.26 Å². The molecule has 0 aromatic heterocycles. The molecule has 5 aliphatic rings. The lowest BCUT2D eigenvalue weighted by Gasteiger charge is -2.62. The Kier molecular flexibility index (Phi) is 5.55. The molecule has 3 saturated carbocycles. The van der Waals surface area contributed by atoms with Crippen molar-refractivity contribution in [2.45, 2.75) is 62.9 Å². The highest BCUT2D eigenvalue weighted by Crippen LogP contribution is 2.70. The predicted molar refractivity (Wildman–Crippen MR) is 146 cm³/mol. The van der Waals surface area contributed by atoms with Crippen LogP contribution in [0.3, 0.4) is 0 Å². The lowest BCUT2D eigenvalue weighted by molar-refractivity contribution is -0.118. The number of carbonyl (C=O) groups excluding carboxylic acids is 1. The van der Waals surface area contributed by atoms with Crippen LogP contribution in [-0.2, 0) is 11.2 Å². The van der Waals surface area contributed by atoms with Crippen LogP contribution in [0.4, 0.5) is 0 Å². The van der Waals surface area contributed by atoms with E-state index in [1.807, 2.05) is 36.4 Å². The number of hydrogen-bond donors (Lipinski definition) is 2. The van der Waals surface area contributed by atoms with E-state index in [2.05, 4.69) is 24.3 Å². The maximum absolute atomic E-state index is 12.6. The molecule has 4 unspecified atom stereocenters. The van der Waals surface area contributed by atoms with Gasteiger partial charge in [-0.05, 0) is 120 Å². The van der Waals surface area contributed by atoms with Gasteiger partial charge in [-0.1, -0.05) is 48.1 Å². The number of fused-ring (bicyclic) bond motifs is 4. The zero-order valence-electron chi connectivity index (χ0n) is 21.8. The predicted octanol–water partition coefficient (Wildman–Crippen LogP) is 5.88. The van der Waals surface area contributed by atoms with Crippen molar-refractivity contribution >= 4 is 5.78 Å². The Morgan fingerprint density at radius 2 is 1.84 bits per heavy atom. The number of benzene rings is 2. The molecule has 0 amide bonds. The summed E-state index contributed by atoms with van der Waals surface area (Å²) in [6, 6.07) is 17.0. The molecule has 4 nitrogen and oxygen atoms in total. The summed E-state index contributed by atoms with van der Waals surface area (Å²) in [5.41, 5.74) is 6.37. The minimum Gasteiger partial charge on any atom is -0.392 e. The van der Waals surface area contributed by atoms with Gasteiger partial charge in [-0.2, -0.15) is 5.26 Å². The normalized spacial score (nSPS) is 37.0. The van der Waals surface area contributed by atoms with Gasteiger partial charge in [-0.3, -0.25) is 4.79 Å². The van der Waals surface area contributed by atoms with Gasteiger partial charge in [0.15, 0.2) is 5.78 Å². The molecule has 3 fully saturated rings. The molecule has 4 heteroatoms. The Morgan fingerprint density at radius 1 is 1.03 bits per heavy atom. The third-order valence-corrected chi connectivity index (χ3v) is 11.1. The first-order chi connectivity index (χ1) is 18.5. The van der Waals surface area contributed by atoms with Crippen molar-refractivity contribution in [1.82, 2.24) is 0 Å². The average molecular weight is 506 g/mol. The Bertz CT molecular complexity index is 1400. The van der Waals surface area contributed by atoms with Crippen LogP contribution in [0.5, 0.6) is 0 Å². The highest BCUT2D eigenvalue weighted by Gasteiger charge is 2.63. The first-order valence-electron chi connectivity index (χ1n) is 14.3. The second kappa shape index (κ2) is 8.76. The number of ketones is 1. The minimum atomic E-state index is -0.843. The highest BCUT2D eigenvalue weighted by atomic mass is 16.3. The molecule has 0 aliphatic heterocycles. The fourth-order valence-electron chi connectivity index (χ4n) is 9.64. The first kappa shape index (κ1) is 24.1. The molecule has 0 radical (unpaired) electrons. The van der Waals surface area contributed by atoms with Crippen LogP contribution in [0.1, 0.15) is 67.6 Å². The minimum absolute atomic E-state index is 0.0402. The van der Waals surface area contributed by atoms with Crippen LogP contribution in [0.2, 0.25) is 0 Å². The van der Waals surface area contributed by atoms with E-state index >= 15 is 0 Å². The van der Waals surface area contributed by atoms with Crippen molar-refractivity contribution in [3.63, 3.8) is 0 Å². The van der Waals surface area contributed by atoms with Crippen LogP contribution in [0.15, 0.2) is 66.3 Å². The number of rotatable bonds is 3. The van der Waals surface area contributed by atoms with Gasteiger partial charge >= 0.3 is 0 Å². The van der Waals surface area contributed by atoms with E-state index in [-0.39, 0.29) is 23.7 Å². The number of nitriles is 1. The Labute approximate surface area is 224 Å². The van der Waals surface area contributed by atoms with E-state index < -0.39 is 5.60 Å². The summed E-state index contributed by atoms with van der Waals surface area (Å²) in [5.74, 6) is 2.44. The first-order valence-corrected chi connectivity index (χ1v) is 14.3. The molecule has 2 aromatic carbocycles. The van der Waals surface area contributed by atoms with E-state index in [9.17, 15) is 20.3 Å². The van der Waals surface area contributed by atoms with E-state index in [1.165, 1.54) is 22.3 Å². The van der Waals surface area contributed by atoms with Gasteiger partial charge in [0.1, 0.15) is 0 Å². The van der Waals surface area contributed by atoms with Crippen LogP contribution in [-0.4, -0.2) is 28.2 Å². The molecule has 7 rings (SSSR count). The number of aliphatic hydroxyl groups excluding tert-OH is 1. The van der Waals surface area contributed by atoms with Crippen molar-refractivity contribution in [2.24, 2.45) is 29.1 Å². The molecule has 194 valence electrons. The average Bonchev–Trinajstić information content (AvgIpc) is 3.28. The van der Waals surface area contributed by atoms with Crippen molar-refractivity contribution < 1.29 is 15.0 Å². The SMILES string of the molecule is N#Cc1ccc(-c2ccc3c(c2)C[C@]24CCC(=O)C=C2CCC2C5CC[C@@](O)(/C=C\CO)C5C[C@H]3C24)cc1. The molecule has 0 heterocycles. The fourth-order valence-corrected chi connectivity index (χ4v) is 9.64. The molecule has 0 bridgehead atoms. The third kappa shape index (κ3) is 3.45. The van der Waals surface area contributed by atoms with Crippen molar-refractivity contribution in [2.75, 3.05) is 6.61 Å². The molecule has 5 aliphatic carbocycles. The lowest BCUT2D eigenvalue weighted by Crippen LogP contribution is -2.56. The van der Waals surface area contributed by atoms with Gasteiger partial charge in [0.25, 0.3) is 0 Å². The molecule has 2 aromatic rings. The molecule has 0 saturated heterocycles. The van der Waals surface area contributed by atoms with Gasteiger partial charge in [-0.15, -0.1) is 0 Å². The van der Waals surface area contributed by atoms with Crippen LogP contribution in [0, 0.1) is 40.4 Å². The number of aliphatic hydroxyl groups is 2. The van der Waals surface area contributed by atoms with E-state index in [0.717, 1.165) is 50.5 Å². The molecule has 2 N–H and O–H groups in total. The van der Waals surface area contributed by atoms with Gasteiger partial charge in [0, 0.05) is 6.42 Å². The smallest absolute Gasteiger partial charge is 0.155 e. The largest absolute Gasteiger partial charge is 0.392 e. The topological polar surface area (TPSA) is 81.3 Å². The second-order valence-electron chi connectivity index (χ2n) is 12.5. The lowest BCUT2D eigenvalue weighted by atomic mass is 9.42. The summed E-state index contributed by atoms with van der Waals surface area (Å²) >= 11 is 0. The van der Waals surface area contributed by atoms with Crippen molar-refractivity contribution in [3.05, 3.63) is 83.0 Å². The van der Waals surface area contributed by atoms with E-state index in [1.54, 1.807) is 6.08 Å². The van der Waals surface area contributed by atoms with Crippen LogP contribution < -0.4 is 0 Å². The Morgan fingerprint density at radius 3 is 2.63 bits per heavy atom. The quantitative estimate of drug-likeness (QED) is 0.511. The van der Waals surface area contributed by atoms with Gasteiger partial charge in [-0.25, -0.2) is 0 Å². The number of allylic oxidation sites excluding steroid dienone is 1. The molecule has 1 spiro atoms. The number of nitrogens with zero attached hydrogens (tertiary/aromatic N) is 1. The summed E-state index contributed by atoms with van der Waals surface area (Å²) < 4.78 is 0. The van der Waals surface area contributed by atoms with Crippen LogP contribution in [0.25, 0.3) is 11.1 Å². The Hall–Kier alpha value is -3.00. The fraction of sp³-hybridized carbons (Fsp3) is 0.471. The third-order valence-electron chi connectivity index (χ3n) is 11.1. The van der Waals surface area contributed by atoms with Gasteiger partial charge < -0.3 is 10.2 Å². The van der Waals surface area contributed by atoms with Gasteiger partial charge in [0.05, 0.1) is 23.8 Å². The zero-order chi connectivity index (χ0) is 26.1. The maximum atomic E-state index is 12.6. The molecule has 38 heavy (non-hydrogen) atoms. The molecular weight excluding hydrogens is 470 g/mol. The molecular formula is C34H35NO3. The zero-order valence-corrected chi connectivity index (χ0v) is 21.8.